The predicted octanol–water partition coefficient (Wildman–Crippen LogP) is 0.424. The fourth-order valence-electron chi connectivity index (χ4n) is 2.07. The minimum Gasteiger partial charge on any atom is -0.444 e. The monoisotopic (exact) mass is 259 g/mol. The lowest BCUT2D eigenvalue weighted by molar-refractivity contribution is -0.0585. The van der Waals surface area contributed by atoms with Gasteiger partial charge in [0.1, 0.15) is 5.60 Å². The normalized spacial score (nSPS) is 26.2. The van der Waals surface area contributed by atoms with Crippen LogP contribution in [0.3, 0.4) is 0 Å². The van der Waals surface area contributed by atoms with Gasteiger partial charge in [-0.3, -0.25) is 5.43 Å². The fourth-order valence-corrected chi connectivity index (χ4v) is 2.07. The molecule has 6 heteroatoms. The average Bonchev–Trinajstić information content (AvgIpc) is 2.26. The molecular formula is C12H25N3O3. The van der Waals surface area contributed by atoms with Gasteiger partial charge in [0, 0.05) is 19.6 Å². The quantitative estimate of drug-likeness (QED) is 0.752. The Bertz CT molecular complexity index is 303. The van der Waals surface area contributed by atoms with E-state index in [-0.39, 0.29) is 12.7 Å². The molecular weight excluding hydrogens is 234 g/mol. The average molecular weight is 259 g/mol. The molecule has 2 N–H and O–H groups in total. The van der Waals surface area contributed by atoms with Crippen LogP contribution >= 0.6 is 0 Å². The molecule has 0 spiro atoms. The largest absolute Gasteiger partial charge is 0.444 e. The number of aliphatic hydroxyl groups is 1. The van der Waals surface area contributed by atoms with E-state index in [2.05, 4.69) is 5.43 Å². The number of aliphatic hydroxyl groups excluding tert-OH is 1. The van der Waals surface area contributed by atoms with E-state index in [0.29, 0.717) is 19.6 Å². The molecule has 1 amide bonds. The van der Waals surface area contributed by atoms with Gasteiger partial charge in [-0.15, -0.1) is 0 Å². The number of carbonyl (C=O) groups excluding carboxylic acids is 1. The Kier molecular flexibility index (Phi) is 4.58. The van der Waals surface area contributed by atoms with Crippen molar-refractivity contribution in [2.45, 2.75) is 38.8 Å². The molecule has 1 aliphatic heterocycles. The molecule has 0 saturated carbocycles. The highest BCUT2D eigenvalue weighted by Gasteiger charge is 2.39. The third kappa shape index (κ3) is 3.57. The van der Waals surface area contributed by atoms with Crippen LogP contribution in [0.2, 0.25) is 0 Å². The third-order valence-electron chi connectivity index (χ3n) is 3.04. The number of hydrogen-bond acceptors (Lipinski definition) is 5. The maximum Gasteiger partial charge on any atom is 0.410 e. The van der Waals surface area contributed by atoms with Crippen molar-refractivity contribution in [1.29, 1.82) is 0 Å². The molecule has 18 heavy (non-hydrogen) atoms. The molecule has 106 valence electrons. The van der Waals surface area contributed by atoms with E-state index >= 15 is 0 Å². The Morgan fingerprint density at radius 2 is 2.06 bits per heavy atom. The fraction of sp³-hybridized carbons (Fsp3) is 0.917. The van der Waals surface area contributed by atoms with Crippen LogP contribution in [-0.2, 0) is 4.74 Å². The van der Waals surface area contributed by atoms with Gasteiger partial charge in [0.25, 0.3) is 0 Å². The molecule has 1 unspecified atom stereocenters. The Hall–Kier alpha value is -0.850. The third-order valence-corrected chi connectivity index (χ3v) is 3.04. The maximum absolute atomic E-state index is 12.0. The Labute approximate surface area is 109 Å². The van der Waals surface area contributed by atoms with Crippen LogP contribution in [0.1, 0.15) is 27.7 Å². The van der Waals surface area contributed by atoms with Crippen molar-refractivity contribution in [3.8, 4) is 0 Å². The number of ether oxygens (including phenoxy) is 1. The summed E-state index contributed by atoms with van der Waals surface area (Å²) in [4.78, 5) is 13.6. The summed E-state index contributed by atoms with van der Waals surface area (Å²) in [5.74, 6) is 0. The first-order valence-corrected chi connectivity index (χ1v) is 6.26. The maximum atomic E-state index is 12.0. The first-order chi connectivity index (χ1) is 8.22. The van der Waals surface area contributed by atoms with Gasteiger partial charge < -0.3 is 14.7 Å². The van der Waals surface area contributed by atoms with Crippen LogP contribution in [0.4, 0.5) is 4.79 Å². The van der Waals surface area contributed by atoms with Crippen LogP contribution in [0.25, 0.3) is 0 Å². The number of piperazine rings is 1. The second-order valence-corrected chi connectivity index (χ2v) is 5.93. The summed E-state index contributed by atoms with van der Waals surface area (Å²) in [6.07, 6.45) is -0.321. The molecule has 6 nitrogen and oxygen atoms in total. The number of hydrazine groups is 1. The number of amides is 1. The number of nitrogens with one attached hydrogen (secondary N) is 1. The minimum absolute atomic E-state index is 0.0207. The molecule has 1 rings (SSSR count). The molecule has 1 heterocycles. The van der Waals surface area contributed by atoms with Crippen molar-refractivity contribution in [1.82, 2.24) is 15.3 Å². The lowest BCUT2D eigenvalue weighted by atomic mass is 9.99. The van der Waals surface area contributed by atoms with E-state index in [0.717, 1.165) is 0 Å². The van der Waals surface area contributed by atoms with Crippen LogP contribution in [0.15, 0.2) is 0 Å². The van der Waals surface area contributed by atoms with E-state index in [9.17, 15) is 9.90 Å². The summed E-state index contributed by atoms with van der Waals surface area (Å²) >= 11 is 0. The summed E-state index contributed by atoms with van der Waals surface area (Å²) in [5.41, 5.74) is 2.07. The van der Waals surface area contributed by atoms with Crippen LogP contribution in [-0.4, -0.2) is 65.5 Å². The van der Waals surface area contributed by atoms with Gasteiger partial charge in [0.05, 0.1) is 12.1 Å². The smallest absolute Gasteiger partial charge is 0.410 e. The highest BCUT2D eigenvalue weighted by atomic mass is 16.6. The Morgan fingerprint density at radius 3 is 2.50 bits per heavy atom. The summed E-state index contributed by atoms with van der Waals surface area (Å²) in [7, 11) is 1.82. The molecule has 1 saturated heterocycles. The van der Waals surface area contributed by atoms with Gasteiger partial charge in [-0.1, -0.05) is 0 Å². The number of carbonyl (C=O) groups is 1. The first kappa shape index (κ1) is 15.2. The lowest BCUT2D eigenvalue weighted by Crippen LogP contribution is -2.66. The van der Waals surface area contributed by atoms with Crippen molar-refractivity contribution in [3.63, 3.8) is 0 Å². The molecule has 0 aromatic rings. The Balaban J connectivity index is 2.69. The number of nitrogens with zero attached hydrogens (tertiary/aromatic N) is 2. The standard InChI is InChI=1S/C12H25N3O3/c1-11(2,3)18-10(17)14-6-7-15(13-5)12(4,8-14)9-16/h13,16H,6-9H2,1-5H3. The van der Waals surface area contributed by atoms with Crippen LogP contribution in [0, 0.1) is 0 Å². The molecule has 1 fully saturated rings. The molecule has 1 atom stereocenters. The zero-order valence-corrected chi connectivity index (χ0v) is 12.0. The molecule has 0 bridgehead atoms. The topological polar surface area (TPSA) is 65.0 Å². The highest BCUT2D eigenvalue weighted by Crippen LogP contribution is 2.20. The van der Waals surface area contributed by atoms with Crippen molar-refractivity contribution in [3.05, 3.63) is 0 Å². The summed E-state index contributed by atoms with van der Waals surface area (Å²) in [6.45, 7) is 9.13. The summed E-state index contributed by atoms with van der Waals surface area (Å²) < 4.78 is 5.35. The zero-order valence-electron chi connectivity index (χ0n) is 12.0. The summed E-state index contributed by atoms with van der Waals surface area (Å²) in [6, 6.07) is 0. The second-order valence-electron chi connectivity index (χ2n) is 5.93. The van der Waals surface area contributed by atoms with Crippen molar-refractivity contribution in [2.24, 2.45) is 0 Å². The van der Waals surface area contributed by atoms with Crippen molar-refractivity contribution >= 4 is 6.09 Å². The van der Waals surface area contributed by atoms with Gasteiger partial charge in [-0.25, -0.2) is 9.80 Å². The first-order valence-electron chi connectivity index (χ1n) is 6.26. The van der Waals surface area contributed by atoms with Gasteiger partial charge in [0.2, 0.25) is 0 Å². The van der Waals surface area contributed by atoms with Crippen LogP contribution < -0.4 is 5.43 Å². The van der Waals surface area contributed by atoms with Gasteiger partial charge in [-0.2, -0.15) is 0 Å². The van der Waals surface area contributed by atoms with Crippen molar-refractivity contribution in [2.75, 3.05) is 33.3 Å². The molecule has 0 aromatic heterocycles. The SMILES string of the molecule is CNN1CCN(C(=O)OC(C)(C)C)CC1(C)CO. The van der Waals surface area contributed by atoms with E-state index in [4.69, 9.17) is 4.74 Å². The number of hydrogen-bond donors (Lipinski definition) is 2. The van der Waals surface area contributed by atoms with E-state index < -0.39 is 11.1 Å². The lowest BCUT2D eigenvalue weighted by Gasteiger charge is -2.47. The van der Waals surface area contributed by atoms with E-state index in [1.165, 1.54) is 0 Å². The summed E-state index contributed by atoms with van der Waals surface area (Å²) in [5, 5.41) is 11.5. The molecule has 1 aliphatic rings. The second kappa shape index (κ2) is 5.42. The predicted molar refractivity (Wildman–Crippen MR) is 69.1 cm³/mol. The van der Waals surface area contributed by atoms with E-state index in [1.807, 2.05) is 39.8 Å². The zero-order chi connectivity index (χ0) is 14.0. The molecule has 0 aliphatic carbocycles. The van der Waals surface area contributed by atoms with Crippen LogP contribution in [0.5, 0.6) is 0 Å². The Morgan fingerprint density at radius 1 is 1.44 bits per heavy atom. The van der Waals surface area contributed by atoms with Gasteiger partial charge >= 0.3 is 6.09 Å². The molecule has 0 radical (unpaired) electrons. The van der Waals surface area contributed by atoms with E-state index in [1.54, 1.807) is 4.90 Å². The minimum atomic E-state index is -0.493. The van der Waals surface area contributed by atoms with Gasteiger partial charge in [0.15, 0.2) is 0 Å². The number of rotatable bonds is 2. The van der Waals surface area contributed by atoms with Gasteiger partial charge in [-0.05, 0) is 34.7 Å². The molecule has 0 aromatic carbocycles. The van der Waals surface area contributed by atoms with Crippen molar-refractivity contribution < 1.29 is 14.6 Å². The highest BCUT2D eigenvalue weighted by molar-refractivity contribution is 5.68.